The minimum atomic E-state index is 0.703. The number of fused-ring (bicyclic) bond motifs is 1. The maximum Gasteiger partial charge on any atom is 0.159 e. The minimum absolute atomic E-state index is 0.703. The maximum atomic E-state index is 5.82. The minimum Gasteiger partial charge on any atom is -0.493 e. The lowest BCUT2D eigenvalue weighted by Gasteiger charge is -2.05. The number of hydrogen-bond acceptors (Lipinski definition) is 4. The van der Waals surface area contributed by atoms with Gasteiger partial charge in [0.2, 0.25) is 0 Å². The number of thiophene rings is 1. The first-order valence-electron chi connectivity index (χ1n) is 4.15. The molecule has 0 radical (unpaired) electrons. The van der Waals surface area contributed by atoms with Gasteiger partial charge in [0.1, 0.15) is 0 Å². The van der Waals surface area contributed by atoms with E-state index in [1.54, 1.807) is 30.2 Å². The van der Waals surface area contributed by atoms with E-state index < -0.39 is 0 Å². The molecule has 74 valence electrons. The summed E-state index contributed by atoms with van der Waals surface area (Å²) < 4.78 is 6.43. The molecule has 1 aromatic carbocycles. The first-order chi connectivity index (χ1) is 6.77. The summed E-state index contributed by atoms with van der Waals surface area (Å²) in [5.41, 5.74) is 6.53. The highest BCUT2D eigenvalue weighted by Crippen LogP contribution is 2.40. The van der Waals surface area contributed by atoms with Crippen LogP contribution in [0.25, 0.3) is 10.1 Å². The zero-order valence-corrected chi connectivity index (χ0v) is 9.67. The number of ether oxygens (including phenoxy) is 1. The molecule has 0 aliphatic rings. The molecule has 0 saturated carbocycles. The van der Waals surface area contributed by atoms with Crippen molar-refractivity contribution in [3.05, 3.63) is 17.5 Å². The Bertz CT molecular complexity index is 464. The van der Waals surface area contributed by atoms with E-state index in [0.29, 0.717) is 5.69 Å². The van der Waals surface area contributed by atoms with Crippen molar-refractivity contribution in [2.45, 2.75) is 4.90 Å². The van der Waals surface area contributed by atoms with Gasteiger partial charge in [0, 0.05) is 15.7 Å². The summed E-state index contributed by atoms with van der Waals surface area (Å²) in [6.45, 7) is 0. The van der Waals surface area contributed by atoms with Crippen molar-refractivity contribution in [3.63, 3.8) is 0 Å². The third-order valence-electron chi connectivity index (χ3n) is 2.12. The van der Waals surface area contributed by atoms with Gasteiger partial charge < -0.3 is 10.5 Å². The predicted octanol–water partition coefficient (Wildman–Crippen LogP) is 3.21. The van der Waals surface area contributed by atoms with Crippen LogP contribution in [0.5, 0.6) is 5.75 Å². The smallest absolute Gasteiger partial charge is 0.159 e. The highest BCUT2D eigenvalue weighted by atomic mass is 32.2. The topological polar surface area (TPSA) is 35.2 Å². The fourth-order valence-corrected chi connectivity index (χ4v) is 3.38. The van der Waals surface area contributed by atoms with Crippen molar-refractivity contribution >= 4 is 38.9 Å². The SMILES string of the molecule is COc1c(N)ccc2c(SC)csc12. The second-order valence-corrected chi connectivity index (χ2v) is 4.60. The Morgan fingerprint density at radius 1 is 1.43 bits per heavy atom. The van der Waals surface area contributed by atoms with Gasteiger partial charge in [-0.2, -0.15) is 0 Å². The molecule has 1 heterocycles. The molecule has 0 aliphatic carbocycles. The predicted molar refractivity (Wildman–Crippen MR) is 64.6 cm³/mol. The van der Waals surface area contributed by atoms with Crippen LogP contribution in [-0.4, -0.2) is 13.4 Å². The molecule has 0 atom stereocenters. The number of hydrogen-bond donors (Lipinski definition) is 1. The van der Waals surface area contributed by atoms with Crippen LogP contribution >= 0.6 is 23.1 Å². The van der Waals surface area contributed by atoms with Crippen molar-refractivity contribution in [2.24, 2.45) is 0 Å². The van der Waals surface area contributed by atoms with E-state index in [1.165, 1.54) is 10.3 Å². The highest BCUT2D eigenvalue weighted by Gasteiger charge is 2.10. The number of nitrogens with two attached hydrogens (primary N) is 1. The molecular formula is C10H11NOS2. The monoisotopic (exact) mass is 225 g/mol. The van der Waals surface area contributed by atoms with Crippen molar-refractivity contribution in [1.29, 1.82) is 0 Å². The summed E-state index contributed by atoms with van der Waals surface area (Å²) in [4.78, 5) is 1.28. The Kier molecular flexibility index (Phi) is 2.56. The van der Waals surface area contributed by atoms with Crippen molar-refractivity contribution < 1.29 is 4.74 Å². The molecule has 2 N–H and O–H groups in total. The van der Waals surface area contributed by atoms with Crippen molar-refractivity contribution in [3.8, 4) is 5.75 Å². The van der Waals surface area contributed by atoms with Crippen LogP contribution in [0.3, 0.4) is 0 Å². The third kappa shape index (κ3) is 1.35. The van der Waals surface area contributed by atoms with Crippen LogP contribution in [0.15, 0.2) is 22.4 Å². The summed E-state index contributed by atoms with van der Waals surface area (Å²) in [5.74, 6) is 0.799. The van der Waals surface area contributed by atoms with Gasteiger partial charge in [-0.25, -0.2) is 0 Å². The fraction of sp³-hybridized carbons (Fsp3) is 0.200. The summed E-state index contributed by atoms with van der Waals surface area (Å²) in [5, 5.41) is 3.37. The molecule has 14 heavy (non-hydrogen) atoms. The van der Waals surface area contributed by atoms with Gasteiger partial charge in [0.15, 0.2) is 5.75 Å². The normalized spacial score (nSPS) is 10.7. The number of thioether (sulfide) groups is 1. The number of benzene rings is 1. The number of anilines is 1. The number of methoxy groups -OCH3 is 1. The lowest BCUT2D eigenvalue weighted by molar-refractivity contribution is 0.422. The van der Waals surface area contributed by atoms with Crippen LogP contribution in [0.4, 0.5) is 5.69 Å². The Morgan fingerprint density at radius 2 is 2.21 bits per heavy atom. The second kappa shape index (κ2) is 3.71. The molecule has 0 aliphatic heterocycles. The van der Waals surface area contributed by atoms with Crippen LogP contribution in [-0.2, 0) is 0 Å². The number of nitrogen functional groups attached to an aromatic ring is 1. The van der Waals surface area contributed by atoms with E-state index in [-0.39, 0.29) is 0 Å². The molecule has 0 amide bonds. The molecule has 0 fully saturated rings. The molecule has 2 rings (SSSR count). The molecule has 0 saturated heterocycles. The summed E-state index contributed by atoms with van der Waals surface area (Å²) in [6, 6.07) is 3.95. The van der Waals surface area contributed by atoms with E-state index in [4.69, 9.17) is 10.5 Å². The van der Waals surface area contributed by atoms with Gasteiger partial charge in [-0.05, 0) is 12.3 Å². The van der Waals surface area contributed by atoms with E-state index in [2.05, 4.69) is 17.7 Å². The molecular weight excluding hydrogens is 214 g/mol. The Morgan fingerprint density at radius 3 is 2.86 bits per heavy atom. The van der Waals surface area contributed by atoms with Gasteiger partial charge in [0.25, 0.3) is 0 Å². The maximum absolute atomic E-state index is 5.82. The average Bonchev–Trinajstić information content (AvgIpc) is 2.60. The zero-order valence-electron chi connectivity index (χ0n) is 8.03. The molecule has 0 unspecified atom stereocenters. The van der Waals surface area contributed by atoms with E-state index in [9.17, 15) is 0 Å². The molecule has 1 aromatic heterocycles. The van der Waals surface area contributed by atoms with Gasteiger partial charge in [-0.3, -0.25) is 0 Å². The van der Waals surface area contributed by atoms with Crippen LogP contribution < -0.4 is 10.5 Å². The summed E-state index contributed by atoms with van der Waals surface area (Å²) in [6.07, 6.45) is 2.07. The first kappa shape index (κ1) is 9.68. The second-order valence-electron chi connectivity index (χ2n) is 2.87. The largest absolute Gasteiger partial charge is 0.493 e. The van der Waals surface area contributed by atoms with E-state index in [0.717, 1.165) is 10.4 Å². The summed E-state index contributed by atoms with van der Waals surface area (Å²) >= 11 is 3.42. The average molecular weight is 225 g/mol. The molecule has 0 bridgehead atoms. The van der Waals surface area contributed by atoms with Gasteiger partial charge in [0.05, 0.1) is 17.5 Å². The fourth-order valence-electron chi connectivity index (χ4n) is 1.43. The Hall–Kier alpha value is -0.870. The molecule has 0 spiro atoms. The lowest BCUT2D eigenvalue weighted by atomic mass is 10.2. The van der Waals surface area contributed by atoms with Crippen molar-refractivity contribution in [2.75, 3.05) is 19.1 Å². The third-order valence-corrected chi connectivity index (χ3v) is 4.04. The first-order valence-corrected chi connectivity index (χ1v) is 6.26. The lowest BCUT2D eigenvalue weighted by Crippen LogP contribution is -1.91. The van der Waals surface area contributed by atoms with E-state index in [1.807, 2.05) is 6.07 Å². The van der Waals surface area contributed by atoms with Crippen LogP contribution in [0.2, 0.25) is 0 Å². The van der Waals surface area contributed by atoms with Gasteiger partial charge in [-0.15, -0.1) is 23.1 Å². The van der Waals surface area contributed by atoms with Gasteiger partial charge in [-0.1, -0.05) is 6.07 Å². The molecule has 2 nitrogen and oxygen atoms in total. The highest BCUT2D eigenvalue weighted by molar-refractivity contribution is 7.99. The van der Waals surface area contributed by atoms with Crippen LogP contribution in [0, 0.1) is 0 Å². The van der Waals surface area contributed by atoms with Crippen molar-refractivity contribution in [1.82, 2.24) is 0 Å². The Balaban J connectivity index is 2.76. The zero-order chi connectivity index (χ0) is 10.1. The summed E-state index contributed by atoms with van der Waals surface area (Å²) in [7, 11) is 1.66. The molecule has 4 heteroatoms. The van der Waals surface area contributed by atoms with Gasteiger partial charge >= 0.3 is 0 Å². The standard InChI is InChI=1S/C10H11NOS2/c1-12-9-7(11)4-3-6-8(13-2)5-14-10(6)9/h3-5H,11H2,1-2H3. The quantitative estimate of drug-likeness (QED) is 0.629. The van der Waals surface area contributed by atoms with Crippen LogP contribution in [0.1, 0.15) is 0 Å². The molecule has 2 aromatic rings. The number of rotatable bonds is 2. The Labute approximate surface area is 91.1 Å². The van der Waals surface area contributed by atoms with E-state index >= 15 is 0 Å².